The van der Waals surface area contributed by atoms with Crippen molar-refractivity contribution in [2.75, 3.05) is 43.3 Å². The van der Waals surface area contributed by atoms with E-state index in [1.54, 1.807) is 47.0 Å². The number of carbonyl (C=O) groups is 3. The van der Waals surface area contributed by atoms with Gasteiger partial charge in [0.15, 0.2) is 5.60 Å². The van der Waals surface area contributed by atoms with E-state index in [9.17, 15) is 19.8 Å². The topological polar surface area (TPSA) is 141 Å². The molecule has 6 atom stereocenters. The fraction of sp³-hybridized carbons (Fsp3) is 0.449. The second-order valence-electron chi connectivity index (χ2n) is 17.8. The summed E-state index contributed by atoms with van der Waals surface area (Å²) in [6.07, 6.45) is 1.30. The fourth-order valence-electron chi connectivity index (χ4n) is 10.5. The number of rotatable bonds is 15. The van der Waals surface area contributed by atoms with Gasteiger partial charge >= 0.3 is 0 Å². The van der Waals surface area contributed by atoms with Crippen molar-refractivity contribution in [1.82, 2.24) is 10.2 Å². The van der Waals surface area contributed by atoms with Gasteiger partial charge in [-0.05, 0) is 123 Å². The minimum atomic E-state index is -3.61. The van der Waals surface area contributed by atoms with E-state index in [0.717, 1.165) is 40.1 Å². The average Bonchev–Trinajstić information content (AvgIpc) is 3.70. The Hall–Kier alpha value is -5.12. The summed E-state index contributed by atoms with van der Waals surface area (Å²) in [4.78, 5) is 49.1. The molecule has 4 aromatic carbocycles. The van der Waals surface area contributed by atoms with Crippen molar-refractivity contribution in [1.29, 1.82) is 0 Å². The molecular weight excluding hydrogens is 820 g/mol. The van der Waals surface area contributed by atoms with Crippen molar-refractivity contribution in [2.45, 2.75) is 101 Å². The van der Waals surface area contributed by atoms with E-state index >= 15 is 8.90 Å². The number of benzene rings is 4. The Labute approximate surface area is 370 Å². The van der Waals surface area contributed by atoms with Gasteiger partial charge in [-0.25, -0.2) is 0 Å². The number of anilines is 3. The Kier molecular flexibility index (Phi) is 12.8. The zero-order chi connectivity index (χ0) is 44.6. The molecule has 1 unspecified atom stereocenters. The summed E-state index contributed by atoms with van der Waals surface area (Å²) in [5.41, 5.74) is 4.04. The Bertz CT molecular complexity index is 2360. The zero-order valence-corrected chi connectivity index (χ0v) is 37.8. The predicted octanol–water partition coefficient (Wildman–Crippen LogP) is 6.70. The Morgan fingerprint density at radius 1 is 0.937 bits per heavy atom. The van der Waals surface area contributed by atoms with Gasteiger partial charge < -0.3 is 43.6 Å². The van der Waals surface area contributed by atoms with E-state index in [-0.39, 0.29) is 43.9 Å². The van der Waals surface area contributed by atoms with Crippen molar-refractivity contribution in [3.63, 3.8) is 0 Å². The molecule has 8 rings (SSSR count). The van der Waals surface area contributed by atoms with Crippen molar-refractivity contribution < 1.29 is 42.9 Å². The number of hydrogen-bond donors (Lipinski definition) is 3. The first kappa shape index (κ1) is 44.5. The maximum absolute atomic E-state index is 16.8. The highest BCUT2D eigenvalue weighted by molar-refractivity contribution is 6.72. The number of methoxy groups -OCH3 is 1. The molecule has 0 aromatic heterocycles. The third-order valence-electron chi connectivity index (χ3n) is 13.5. The van der Waals surface area contributed by atoms with E-state index in [0.29, 0.717) is 61.6 Å². The lowest BCUT2D eigenvalue weighted by atomic mass is 9.82. The number of aliphatic hydroxyl groups is 2. The van der Waals surface area contributed by atoms with Crippen LogP contribution in [0.2, 0.25) is 18.6 Å². The molecule has 14 heteroatoms. The minimum absolute atomic E-state index is 0.0836. The number of nitrogens with zero attached hydrogens (tertiary/aromatic N) is 3. The molecule has 4 aromatic rings. The Morgan fingerprint density at radius 3 is 2.43 bits per heavy atom. The van der Waals surface area contributed by atoms with Crippen LogP contribution in [0.1, 0.15) is 60.9 Å². The van der Waals surface area contributed by atoms with Gasteiger partial charge in [-0.2, -0.15) is 0 Å². The summed E-state index contributed by atoms with van der Waals surface area (Å²) < 4.78 is 35.3. The van der Waals surface area contributed by atoms with E-state index in [1.807, 2.05) is 86.6 Å². The number of amides is 3. The number of unbranched alkanes of at least 4 members (excludes halogenated alkanes) is 1. The van der Waals surface area contributed by atoms with Gasteiger partial charge in [0.2, 0.25) is 20.2 Å². The number of fused-ring (bicyclic) bond motifs is 4. The number of carbonyl (C=O) groups excluding carboxylic acids is 3. The van der Waals surface area contributed by atoms with Crippen LogP contribution in [-0.4, -0.2) is 92.9 Å². The lowest BCUT2D eigenvalue weighted by Crippen LogP contribution is -2.49. The lowest BCUT2D eigenvalue weighted by Gasteiger charge is -2.37. The standard InChI is InChI=1S/C49H59FN4O8Si/c1-6-61-39-17-18-42-35(24-39)25-41(51-20-9-10-21-55)47(58)54(42)36-15-11-12-32(22-36)28-53-43-19-16-38(60-3)26-40(43)49(48(53)59)31(2)46(63(4,5)50)44(62-49)27-45(57)52-29-34-14-8-7-13-33(34)23-37(52)30-56/h7-8,11-19,22,24,26,31,37,41,44,46,51,55-56H,6,9-10,20-21,23,25,27-30H2,1-5H3/t31-,37-,41?,44+,46-,49+/m0/s1. The summed E-state index contributed by atoms with van der Waals surface area (Å²) >= 11 is 0. The molecule has 3 N–H and O–H groups in total. The molecule has 1 spiro atoms. The molecule has 4 aliphatic rings. The molecule has 3 amide bonds. The van der Waals surface area contributed by atoms with Gasteiger partial charge in [-0.3, -0.25) is 19.3 Å². The van der Waals surface area contributed by atoms with E-state index < -0.39 is 43.7 Å². The van der Waals surface area contributed by atoms with Gasteiger partial charge in [0, 0.05) is 35.9 Å². The first-order chi connectivity index (χ1) is 30.3. The second-order valence-corrected chi connectivity index (χ2v) is 21.6. The number of halogens is 1. The molecule has 4 heterocycles. The van der Waals surface area contributed by atoms with Crippen LogP contribution in [0.4, 0.5) is 21.2 Å². The highest BCUT2D eigenvalue weighted by Crippen LogP contribution is 2.61. The van der Waals surface area contributed by atoms with Crippen LogP contribution in [0.3, 0.4) is 0 Å². The van der Waals surface area contributed by atoms with Gasteiger partial charge in [-0.15, -0.1) is 0 Å². The molecule has 1 saturated heterocycles. The highest BCUT2D eigenvalue weighted by atomic mass is 28.4. The minimum Gasteiger partial charge on any atom is -0.497 e. The fourth-order valence-corrected chi connectivity index (χ4v) is 13.0. The second kappa shape index (κ2) is 18.2. The van der Waals surface area contributed by atoms with Crippen LogP contribution in [-0.2, 0) is 50.7 Å². The monoisotopic (exact) mass is 878 g/mol. The number of hydrogen-bond acceptors (Lipinski definition) is 9. The van der Waals surface area contributed by atoms with E-state index in [4.69, 9.17) is 14.2 Å². The third kappa shape index (κ3) is 8.27. The van der Waals surface area contributed by atoms with Crippen LogP contribution < -0.4 is 24.6 Å². The average molecular weight is 879 g/mol. The quantitative estimate of drug-likeness (QED) is 0.0676. The SMILES string of the molecule is CCOc1ccc2c(c1)CC(NCCCCO)C(=O)N2c1cccc(CN2C(=O)[C@]3(O[C@H](CC(=O)N4Cc5ccccc5C[C@H]4CO)[C@@H]([Si](C)(C)F)[C@@H]3C)c3cc(OC)ccc32)c1. The molecule has 63 heavy (non-hydrogen) atoms. The van der Waals surface area contributed by atoms with Gasteiger partial charge in [0.1, 0.15) is 11.5 Å². The largest absolute Gasteiger partial charge is 0.497 e. The molecule has 1 fully saturated rings. The Balaban J connectivity index is 1.11. The van der Waals surface area contributed by atoms with Gasteiger partial charge in [0.05, 0.1) is 62.9 Å². The van der Waals surface area contributed by atoms with Crippen LogP contribution in [0.15, 0.2) is 84.9 Å². The maximum Gasteiger partial charge on any atom is 0.264 e. The predicted molar refractivity (Wildman–Crippen MR) is 241 cm³/mol. The number of aliphatic hydroxyl groups excluding tert-OH is 2. The third-order valence-corrected chi connectivity index (χ3v) is 15.9. The molecular formula is C49H59FN4O8Si. The smallest absolute Gasteiger partial charge is 0.264 e. The van der Waals surface area contributed by atoms with Crippen molar-refractivity contribution in [3.8, 4) is 11.5 Å². The molecule has 0 saturated carbocycles. The van der Waals surface area contributed by atoms with Crippen molar-refractivity contribution in [2.24, 2.45) is 5.92 Å². The lowest BCUT2D eigenvalue weighted by molar-refractivity contribution is -0.151. The van der Waals surface area contributed by atoms with E-state index in [2.05, 4.69) is 5.32 Å². The van der Waals surface area contributed by atoms with Gasteiger partial charge in [0.25, 0.3) is 5.91 Å². The zero-order valence-electron chi connectivity index (χ0n) is 36.8. The van der Waals surface area contributed by atoms with Crippen molar-refractivity contribution >= 4 is 43.2 Å². The summed E-state index contributed by atoms with van der Waals surface area (Å²) in [6, 6.07) is 25.7. The summed E-state index contributed by atoms with van der Waals surface area (Å²) in [7, 11) is -2.06. The molecule has 0 aliphatic carbocycles. The first-order valence-corrected chi connectivity index (χ1v) is 25.2. The van der Waals surface area contributed by atoms with Crippen LogP contribution in [0.25, 0.3) is 0 Å². The molecule has 12 nitrogen and oxygen atoms in total. The summed E-state index contributed by atoms with van der Waals surface area (Å²) in [5.74, 6) is -0.122. The summed E-state index contributed by atoms with van der Waals surface area (Å²) in [6.45, 7) is 8.43. The highest BCUT2D eigenvalue weighted by Gasteiger charge is 2.67. The van der Waals surface area contributed by atoms with Gasteiger partial charge in [-0.1, -0.05) is 43.3 Å². The molecule has 334 valence electrons. The molecule has 0 radical (unpaired) electrons. The van der Waals surface area contributed by atoms with Crippen LogP contribution in [0, 0.1) is 5.92 Å². The van der Waals surface area contributed by atoms with Crippen LogP contribution >= 0.6 is 0 Å². The number of ether oxygens (including phenoxy) is 3. The normalized spacial score (nSPS) is 24.1. The molecule has 0 bridgehead atoms. The van der Waals surface area contributed by atoms with Crippen LogP contribution in [0.5, 0.6) is 11.5 Å². The number of nitrogens with one attached hydrogen (secondary N) is 1. The molecule has 4 aliphatic heterocycles. The van der Waals surface area contributed by atoms with Crippen molar-refractivity contribution in [3.05, 3.63) is 113 Å². The Morgan fingerprint density at radius 2 is 1.70 bits per heavy atom. The van der Waals surface area contributed by atoms with E-state index in [1.165, 1.54) is 0 Å². The maximum atomic E-state index is 16.8. The summed E-state index contributed by atoms with van der Waals surface area (Å²) in [5, 5.41) is 23.1. The first-order valence-electron chi connectivity index (χ1n) is 22.2.